The normalized spacial score (nSPS) is 12.2. The van der Waals surface area contributed by atoms with Crippen LogP contribution in [0.25, 0.3) is 0 Å². The summed E-state index contributed by atoms with van der Waals surface area (Å²) in [6.07, 6.45) is 0.311. The molecule has 0 unspecified atom stereocenters. The third kappa shape index (κ3) is 8.16. The molecule has 0 saturated heterocycles. The number of hydrogen-bond donors (Lipinski definition) is 1. The van der Waals surface area contributed by atoms with E-state index in [1.165, 1.54) is 29.2 Å². The molecule has 0 radical (unpaired) electrons. The molecule has 220 valence electrons. The molecule has 2 amide bonds. The lowest BCUT2D eigenvalue weighted by Crippen LogP contribution is -2.52. The number of sulfonamides is 1. The highest BCUT2D eigenvalue weighted by Crippen LogP contribution is 2.28. The minimum Gasteiger partial charge on any atom is -0.354 e. The largest absolute Gasteiger partial charge is 0.354 e. The summed E-state index contributed by atoms with van der Waals surface area (Å²) in [6, 6.07) is 16.7. The first-order valence-electron chi connectivity index (χ1n) is 13.8. The smallest absolute Gasteiger partial charge is 0.264 e. The standard InChI is InChI=1S/C32H40FN3O4S/c1-7-29(32(38)34-19-22(2)3)35(20-26-11-13-27(33)14-12-26)31(37)21-36(30-17-10-24(5)18-25(30)6)41(39,40)28-15-8-23(4)9-16-28/h8-18,22,29H,7,19-21H2,1-6H3,(H,34,38)/t29-/m1/s1. The van der Waals surface area contributed by atoms with Crippen LogP contribution in [0.2, 0.25) is 0 Å². The SMILES string of the molecule is CC[C@H](C(=O)NCC(C)C)N(Cc1ccc(F)cc1)C(=O)CN(c1ccc(C)cc1C)S(=O)(=O)c1ccc(C)cc1. The maximum Gasteiger partial charge on any atom is 0.264 e. The Morgan fingerprint density at radius 2 is 1.51 bits per heavy atom. The average Bonchev–Trinajstić information content (AvgIpc) is 2.92. The van der Waals surface area contributed by atoms with Gasteiger partial charge in [0.05, 0.1) is 10.6 Å². The zero-order valence-electron chi connectivity index (χ0n) is 24.6. The number of carbonyl (C=O) groups excluding carboxylic acids is 2. The summed E-state index contributed by atoms with van der Waals surface area (Å²) >= 11 is 0. The van der Waals surface area contributed by atoms with Crippen LogP contribution in [-0.2, 0) is 26.2 Å². The molecule has 3 rings (SSSR count). The molecule has 0 saturated carbocycles. The van der Waals surface area contributed by atoms with Crippen molar-refractivity contribution in [2.75, 3.05) is 17.4 Å². The van der Waals surface area contributed by atoms with Crippen LogP contribution in [0.5, 0.6) is 0 Å². The molecule has 0 aliphatic carbocycles. The molecule has 1 atom stereocenters. The minimum atomic E-state index is -4.15. The summed E-state index contributed by atoms with van der Waals surface area (Å²) in [5, 5.41) is 2.90. The lowest BCUT2D eigenvalue weighted by Gasteiger charge is -2.33. The molecule has 0 aromatic heterocycles. The van der Waals surface area contributed by atoms with Gasteiger partial charge < -0.3 is 10.2 Å². The molecule has 3 aromatic rings. The van der Waals surface area contributed by atoms with Gasteiger partial charge in [-0.1, -0.05) is 68.3 Å². The molecule has 7 nitrogen and oxygen atoms in total. The van der Waals surface area contributed by atoms with Gasteiger partial charge in [0.1, 0.15) is 18.4 Å². The molecule has 41 heavy (non-hydrogen) atoms. The average molecular weight is 582 g/mol. The second kappa shape index (κ2) is 13.8. The molecule has 0 spiro atoms. The maximum atomic E-state index is 14.1. The highest BCUT2D eigenvalue weighted by atomic mass is 32.2. The summed E-state index contributed by atoms with van der Waals surface area (Å²) < 4.78 is 42.8. The van der Waals surface area contributed by atoms with Crippen molar-refractivity contribution < 1.29 is 22.4 Å². The molecule has 0 fully saturated rings. The summed E-state index contributed by atoms with van der Waals surface area (Å²) in [6.45, 7) is 11.3. The van der Waals surface area contributed by atoms with E-state index in [1.54, 1.807) is 50.2 Å². The molecule has 0 bridgehead atoms. The van der Waals surface area contributed by atoms with E-state index in [4.69, 9.17) is 0 Å². The Morgan fingerprint density at radius 3 is 2.07 bits per heavy atom. The molecule has 9 heteroatoms. The third-order valence-corrected chi connectivity index (χ3v) is 8.62. The van der Waals surface area contributed by atoms with Gasteiger partial charge in [0, 0.05) is 13.1 Å². The van der Waals surface area contributed by atoms with Crippen molar-refractivity contribution >= 4 is 27.5 Å². The van der Waals surface area contributed by atoms with Gasteiger partial charge in [0.25, 0.3) is 10.0 Å². The van der Waals surface area contributed by atoms with Gasteiger partial charge in [0.15, 0.2) is 0 Å². The lowest BCUT2D eigenvalue weighted by atomic mass is 10.1. The van der Waals surface area contributed by atoms with Crippen LogP contribution >= 0.6 is 0 Å². The Morgan fingerprint density at radius 1 is 0.902 bits per heavy atom. The van der Waals surface area contributed by atoms with Gasteiger partial charge in [-0.2, -0.15) is 0 Å². The number of hydrogen-bond acceptors (Lipinski definition) is 4. The van der Waals surface area contributed by atoms with Crippen LogP contribution < -0.4 is 9.62 Å². The predicted molar refractivity (Wildman–Crippen MR) is 161 cm³/mol. The fraction of sp³-hybridized carbons (Fsp3) is 0.375. The maximum absolute atomic E-state index is 14.1. The van der Waals surface area contributed by atoms with E-state index < -0.39 is 34.3 Å². The van der Waals surface area contributed by atoms with E-state index in [0.29, 0.717) is 29.8 Å². The number of benzene rings is 3. The van der Waals surface area contributed by atoms with Crippen LogP contribution in [0.1, 0.15) is 49.4 Å². The van der Waals surface area contributed by atoms with Crippen LogP contribution in [-0.4, -0.2) is 44.3 Å². The van der Waals surface area contributed by atoms with Crippen molar-refractivity contribution in [1.82, 2.24) is 10.2 Å². The Labute approximate surface area is 243 Å². The van der Waals surface area contributed by atoms with Crippen molar-refractivity contribution in [2.24, 2.45) is 5.92 Å². The van der Waals surface area contributed by atoms with E-state index in [2.05, 4.69) is 5.32 Å². The zero-order valence-corrected chi connectivity index (χ0v) is 25.5. The van der Waals surface area contributed by atoms with Gasteiger partial charge in [0.2, 0.25) is 11.8 Å². The number of aryl methyl sites for hydroxylation is 3. The molecule has 1 N–H and O–H groups in total. The van der Waals surface area contributed by atoms with Crippen molar-refractivity contribution in [3.8, 4) is 0 Å². The monoisotopic (exact) mass is 581 g/mol. The van der Waals surface area contributed by atoms with E-state index >= 15 is 0 Å². The fourth-order valence-corrected chi connectivity index (χ4v) is 6.04. The molecule has 3 aromatic carbocycles. The fourth-order valence-electron chi connectivity index (χ4n) is 4.56. The van der Waals surface area contributed by atoms with E-state index in [9.17, 15) is 22.4 Å². The Balaban J connectivity index is 2.07. The van der Waals surface area contributed by atoms with Crippen LogP contribution in [0, 0.1) is 32.5 Å². The first-order valence-corrected chi connectivity index (χ1v) is 15.3. The number of halogens is 1. The predicted octanol–water partition coefficient (Wildman–Crippen LogP) is 5.53. The highest BCUT2D eigenvalue weighted by Gasteiger charge is 2.34. The first-order chi connectivity index (χ1) is 19.3. The van der Waals surface area contributed by atoms with Gasteiger partial charge in [-0.05, 0) is 74.6 Å². The van der Waals surface area contributed by atoms with E-state index in [-0.39, 0.29) is 23.3 Å². The molecule has 0 aliphatic heterocycles. The van der Waals surface area contributed by atoms with Crippen molar-refractivity contribution in [2.45, 2.75) is 65.4 Å². The second-order valence-corrected chi connectivity index (χ2v) is 12.7. The number of rotatable bonds is 12. The Bertz CT molecular complexity index is 1460. The van der Waals surface area contributed by atoms with Crippen molar-refractivity contribution in [1.29, 1.82) is 0 Å². The summed E-state index contributed by atoms with van der Waals surface area (Å²) in [5.41, 5.74) is 3.55. The van der Waals surface area contributed by atoms with E-state index in [0.717, 1.165) is 15.4 Å². The van der Waals surface area contributed by atoms with Crippen molar-refractivity contribution in [3.05, 3.63) is 94.8 Å². The number of anilines is 1. The van der Waals surface area contributed by atoms with Gasteiger partial charge in [-0.25, -0.2) is 12.8 Å². The third-order valence-electron chi connectivity index (χ3n) is 6.85. The van der Waals surface area contributed by atoms with E-state index in [1.807, 2.05) is 33.8 Å². The zero-order chi connectivity index (χ0) is 30.3. The van der Waals surface area contributed by atoms with Crippen molar-refractivity contribution in [3.63, 3.8) is 0 Å². The first kappa shape index (κ1) is 31.8. The Hall–Kier alpha value is -3.72. The van der Waals surface area contributed by atoms with Gasteiger partial charge >= 0.3 is 0 Å². The molecular formula is C32H40FN3O4S. The van der Waals surface area contributed by atoms with Gasteiger partial charge in [-0.15, -0.1) is 0 Å². The Kier molecular flexibility index (Phi) is 10.7. The summed E-state index contributed by atoms with van der Waals surface area (Å²) in [4.78, 5) is 28.8. The molecular weight excluding hydrogens is 541 g/mol. The lowest BCUT2D eigenvalue weighted by molar-refractivity contribution is -0.140. The van der Waals surface area contributed by atoms with Gasteiger partial charge in [-0.3, -0.25) is 13.9 Å². The quantitative estimate of drug-likeness (QED) is 0.305. The number of nitrogens with one attached hydrogen (secondary N) is 1. The van der Waals surface area contributed by atoms with Crippen LogP contribution in [0.4, 0.5) is 10.1 Å². The second-order valence-electron chi connectivity index (χ2n) is 10.8. The number of nitrogens with zero attached hydrogens (tertiary/aromatic N) is 2. The number of amides is 2. The summed E-state index contributed by atoms with van der Waals surface area (Å²) in [5.74, 6) is -1.08. The van der Waals surface area contributed by atoms with Crippen LogP contribution in [0.15, 0.2) is 71.6 Å². The summed E-state index contributed by atoms with van der Waals surface area (Å²) in [7, 11) is -4.15. The minimum absolute atomic E-state index is 0.0119. The topological polar surface area (TPSA) is 86.8 Å². The molecule has 0 aliphatic rings. The molecule has 0 heterocycles. The number of carbonyl (C=O) groups is 2. The van der Waals surface area contributed by atoms with Crippen LogP contribution in [0.3, 0.4) is 0 Å². The highest BCUT2D eigenvalue weighted by molar-refractivity contribution is 7.92.